The summed E-state index contributed by atoms with van der Waals surface area (Å²) in [7, 11) is -3.61. The number of nitrogens with one attached hydrogen (secondary N) is 1. The molecule has 0 unspecified atom stereocenters. The standard InChI is InChI=1S/C13H15FN2O3S/c14-10-1-3-11(4-2-10)20(18,19)16-6-5-12-9(8-16)7-13(17)15-12/h1-4,9,12H,5-8H2,(H,15,17)/t9-,12-/m1/s1. The van der Waals surface area contributed by atoms with Crippen molar-refractivity contribution in [2.45, 2.75) is 23.8 Å². The fraction of sp³-hybridized carbons (Fsp3) is 0.462. The first-order chi connectivity index (χ1) is 9.46. The summed E-state index contributed by atoms with van der Waals surface area (Å²) in [5, 5.41) is 2.87. The predicted molar refractivity (Wildman–Crippen MR) is 69.8 cm³/mol. The van der Waals surface area contributed by atoms with Gasteiger partial charge in [0.15, 0.2) is 0 Å². The van der Waals surface area contributed by atoms with Crippen molar-refractivity contribution in [2.24, 2.45) is 5.92 Å². The third-order valence-corrected chi connectivity index (χ3v) is 5.82. The Labute approximate surface area is 116 Å². The average Bonchev–Trinajstić information content (AvgIpc) is 2.78. The van der Waals surface area contributed by atoms with Crippen LogP contribution in [-0.4, -0.2) is 37.8 Å². The van der Waals surface area contributed by atoms with Gasteiger partial charge in [-0.3, -0.25) is 4.79 Å². The Kier molecular flexibility index (Phi) is 3.25. The second-order valence-corrected chi connectivity index (χ2v) is 7.18. The molecule has 1 N–H and O–H groups in total. The minimum absolute atomic E-state index is 0.0129. The van der Waals surface area contributed by atoms with Crippen molar-refractivity contribution >= 4 is 15.9 Å². The molecule has 20 heavy (non-hydrogen) atoms. The molecule has 7 heteroatoms. The monoisotopic (exact) mass is 298 g/mol. The zero-order valence-electron chi connectivity index (χ0n) is 10.8. The van der Waals surface area contributed by atoms with Gasteiger partial charge >= 0.3 is 0 Å². The van der Waals surface area contributed by atoms with E-state index in [-0.39, 0.29) is 22.8 Å². The topological polar surface area (TPSA) is 66.5 Å². The van der Waals surface area contributed by atoms with Crippen LogP contribution in [0.3, 0.4) is 0 Å². The van der Waals surface area contributed by atoms with E-state index in [1.807, 2.05) is 0 Å². The number of hydrogen-bond donors (Lipinski definition) is 1. The van der Waals surface area contributed by atoms with Crippen molar-refractivity contribution in [3.8, 4) is 0 Å². The molecular weight excluding hydrogens is 283 g/mol. The fourth-order valence-corrected chi connectivity index (χ4v) is 4.39. The summed E-state index contributed by atoms with van der Waals surface area (Å²) in [5.41, 5.74) is 0. The quantitative estimate of drug-likeness (QED) is 0.875. The lowest BCUT2D eigenvalue weighted by atomic mass is 9.95. The number of amides is 1. The maximum Gasteiger partial charge on any atom is 0.243 e. The van der Waals surface area contributed by atoms with E-state index in [1.165, 1.54) is 16.4 Å². The van der Waals surface area contributed by atoms with Crippen molar-refractivity contribution in [3.63, 3.8) is 0 Å². The van der Waals surface area contributed by atoms with Crippen molar-refractivity contribution in [1.82, 2.24) is 9.62 Å². The fourth-order valence-electron chi connectivity index (χ4n) is 2.87. The lowest BCUT2D eigenvalue weighted by Crippen LogP contribution is -2.46. The van der Waals surface area contributed by atoms with Crippen molar-refractivity contribution < 1.29 is 17.6 Å². The lowest BCUT2D eigenvalue weighted by molar-refractivity contribution is -0.119. The van der Waals surface area contributed by atoms with Crippen LogP contribution in [-0.2, 0) is 14.8 Å². The van der Waals surface area contributed by atoms with Gasteiger partial charge in [-0.15, -0.1) is 0 Å². The van der Waals surface area contributed by atoms with Crippen LogP contribution in [0.2, 0.25) is 0 Å². The van der Waals surface area contributed by atoms with Gasteiger partial charge in [-0.2, -0.15) is 4.31 Å². The Morgan fingerprint density at radius 3 is 2.65 bits per heavy atom. The molecule has 2 atom stereocenters. The highest BCUT2D eigenvalue weighted by molar-refractivity contribution is 7.89. The molecule has 0 bridgehead atoms. The smallest absolute Gasteiger partial charge is 0.243 e. The molecule has 5 nitrogen and oxygen atoms in total. The van der Waals surface area contributed by atoms with E-state index < -0.39 is 15.8 Å². The Hall–Kier alpha value is -1.47. The lowest BCUT2D eigenvalue weighted by Gasteiger charge is -2.33. The molecule has 2 heterocycles. The van der Waals surface area contributed by atoms with Gasteiger partial charge in [-0.05, 0) is 30.7 Å². The van der Waals surface area contributed by atoms with Crippen LogP contribution in [0, 0.1) is 11.7 Å². The number of benzene rings is 1. The first kappa shape index (κ1) is 13.5. The molecule has 2 fully saturated rings. The highest BCUT2D eigenvalue weighted by Gasteiger charge is 2.40. The molecule has 1 amide bonds. The van der Waals surface area contributed by atoms with Crippen LogP contribution in [0.5, 0.6) is 0 Å². The summed E-state index contributed by atoms with van der Waals surface area (Å²) in [6, 6.07) is 4.91. The number of hydrogen-bond acceptors (Lipinski definition) is 3. The molecule has 0 spiro atoms. The number of halogens is 1. The van der Waals surface area contributed by atoms with E-state index >= 15 is 0 Å². The largest absolute Gasteiger partial charge is 0.353 e. The molecule has 0 radical (unpaired) electrons. The summed E-state index contributed by atoms with van der Waals surface area (Å²) >= 11 is 0. The minimum atomic E-state index is -3.61. The average molecular weight is 298 g/mol. The first-order valence-corrected chi connectivity index (χ1v) is 7.96. The van der Waals surface area contributed by atoms with Gasteiger partial charge in [0.05, 0.1) is 4.90 Å². The number of fused-ring (bicyclic) bond motifs is 1. The van der Waals surface area contributed by atoms with Gasteiger partial charge in [0.2, 0.25) is 15.9 Å². The molecule has 0 aromatic heterocycles. The second kappa shape index (κ2) is 4.82. The van der Waals surface area contributed by atoms with Crippen LogP contribution >= 0.6 is 0 Å². The number of carbonyl (C=O) groups is 1. The second-order valence-electron chi connectivity index (χ2n) is 5.24. The molecule has 108 valence electrons. The van der Waals surface area contributed by atoms with Gasteiger partial charge < -0.3 is 5.32 Å². The number of piperidine rings is 1. The Morgan fingerprint density at radius 2 is 1.95 bits per heavy atom. The molecule has 0 saturated carbocycles. The SMILES string of the molecule is O=C1C[C@@H]2CN(S(=O)(=O)c3ccc(F)cc3)CC[C@H]2N1. The summed E-state index contributed by atoms with van der Waals surface area (Å²) < 4.78 is 39.2. The van der Waals surface area contributed by atoms with Crippen LogP contribution in [0.4, 0.5) is 4.39 Å². The maximum atomic E-state index is 12.9. The summed E-state index contributed by atoms with van der Waals surface area (Å²) in [4.78, 5) is 11.4. The highest BCUT2D eigenvalue weighted by atomic mass is 32.2. The third-order valence-electron chi connectivity index (χ3n) is 3.94. The Balaban J connectivity index is 1.82. The molecule has 2 aliphatic heterocycles. The number of carbonyl (C=O) groups excluding carboxylic acids is 1. The van der Waals surface area contributed by atoms with Crippen LogP contribution in [0.25, 0.3) is 0 Å². The number of nitrogens with zero attached hydrogens (tertiary/aromatic N) is 1. The Morgan fingerprint density at radius 1 is 1.25 bits per heavy atom. The predicted octanol–water partition coefficient (Wildman–Crippen LogP) is 0.725. The van der Waals surface area contributed by atoms with Crippen molar-refractivity contribution in [2.75, 3.05) is 13.1 Å². The van der Waals surface area contributed by atoms with Crippen LogP contribution < -0.4 is 5.32 Å². The zero-order chi connectivity index (χ0) is 14.3. The molecular formula is C13H15FN2O3S. The van der Waals surface area contributed by atoms with Gasteiger partial charge in [0.25, 0.3) is 0 Å². The van der Waals surface area contributed by atoms with E-state index in [0.29, 0.717) is 25.9 Å². The number of sulfonamides is 1. The molecule has 2 saturated heterocycles. The highest BCUT2D eigenvalue weighted by Crippen LogP contribution is 2.29. The van der Waals surface area contributed by atoms with Gasteiger partial charge in [-0.1, -0.05) is 0 Å². The minimum Gasteiger partial charge on any atom is -0.353 e. The van der Waals surface area contributed by atoms with Gasteiger partial charge in [-0.25, -0.2) is 12.8 Å². The van der Waals surface area contributed by atoms with Crippen molar-refractivity contribution in [3.05, 3.63) is 30.1 Å². The normalized spacial score (nSPS) is 27.1. The zero-order valence-corrected chi connectivity index (χ0v) is 11.6. The molecule has 0 aliphatic carbocycles. The van der Waals surface area contributed by atoms with Crippen molar-refractivity contribution in [1.29, 1.82) is 0 Å². The van der Waals surface area contributed by atoms with Gasteiger partial charge in [0, 0.05) is 31.5 Å². The maximum absolute atomic E-state index is 12.9. The van der Waals surface area contributed by atoms with Crippen LogP contribution in [0.15, 0.2) is 29.2 Å². The van der Waals surface area contributed by atoms with E-state index in [0.717, 1.165) is 12.1 Å². The Bertz CT molecular complexity index is 630. The van der Waals surface area contributed by atoms with E-state index in [9.17, 15) is 17.6 Å². The summed E-state index contributed by atoms with van der Waals surface area (Å²) in [6.45, 7) is 0.713. The van der Waals surface area contributed by atoms with E-state index in [4.69, 9.17) is 0 Å². The summed E-state index contributed by atoms with van der Waals surface area (Å²) in [6.07, 6.45) is 0.997. The van der Waals surface area contributed by atoms with E-state index in [2.05, 4.69) is 5.32 Å². The first-order valence-electron chi connectivity index (χ1n) is 6.52. The molecule has 1 aromatic carbocycles. The van der Waals surface area contributed by atoms with Gasteiger partial charge in [0.1, 0.15) is 5.82 Å². The van der Waals surface area contributed by atoms with Crippen LogP contribution in [0.1, 0.15) is 12.8 Å². The molecule has 1 aromatic rings. The third kappa shape index (κ3) is 2.31. The number of rotatable bonds is 2. The summed E-state index contributed by atoms with van der Waals surface area (Å²) in [5.74, 6) is -0.444. The van der Waals surface area contributed by atoms with E-state index in [1.54, 1.807) is 0 Å². The molecule has 3 rings (SSSR count). The molecule has 2 aliphatic rings.